The van der Waals surface area contributed by atoms with E-state index in [4.69, 9.17) is 10.2 Å². The minimum absolute atomic E-state index is 0.0251. The lowest BCUT2D eigenvalue weighted by atomic mass is 9.95. The zero-order chi connectivity index (χ0) is 22.5. The van der Waals surface area contributed by atoms with E-state index >= 15 is 0 Å². The lowest BCUT2D eigenvalue weighted by molar-refractivity contribution is -0.120. The molecule has 4 rings (SSSR count). The zero-order valence-corrected chi connectivity index (χ0v) is 18.3. The standard InChI is InChI=1S/C25H26N6O/c1-30(2)22-8-4-7-21(16-22)28-25(32)19-10-13-31(14-11-19)23-9-12-27-24(29-23)20-6-3-5-18(15-20)17-26/h3-9,12,15-16,19H,10-11,13-14H2,1-2H3,(H,28,32). The van der Waals surface area contributed by atoms with Gasteiger partial charge in [-0.2, -0.15) is 5.26 Å². The molecule has 1 aromatic heterocycles. The number of benzene rings is 2. The van der Waals surface area contributed by atoms with Crippen LogP contribution < -0.4 is 15.1 Å². The summed E-state index contributed by atoms with van der Waals surface area (Å²) in [6.45, 7) is 1.51. The Morgan fingerprint density at radius 3 is 2.66 bits per heavy atom. The highest BCUT2D eigenvalue weighted by molar-refractivity contribution is 5.93. The van der Waals surface area contributed by atoms with Gasteiger partial charge in [0.15, 0.2) is 5.82 Å². The Morgan fingerprint density at radius 1 is 1.12 bits per heavy atom. The van der Waals surface area contributed by atoms with Gasteiger partial charge in [0.25, 0.3) is 0 Å². The van der Waals surface area contributed by atoms with E-state index in [1.165, 1.54) is 0 Å². The molecule has 0 radical (unpaired) electrons. The molecule has 1 saturated heterocycles. The van der Waals surface area contributed by atoms with Crippen LogP contribution in [0.3, 0.4) is 0 Å². The largest absolute Gasteiger partial charge is 0.378 e. The molecule has 0 atom stereocenters. The minimum Gasteiger partial charge on any atom is -0.378 e. The number of amides is 1. The highest BCUT2D eigenvalue weighted by Crippen LogP contribution is 2.26. The lowest BCUT2D eigenvalue weighted by Crippen LogP contribution is -2.38. The third-order valence-electron chi connectivity index (χ3n) is 5.71. The maximum atomic E-state index is 12.8. The number of hydrogen-bond donors (Lipinski definition) is 1. The average molecular weight is 427 g/mol. The summed E-state index contributed by atoms with van der Waals surface area (Å²) in [6, 6.07) is 19.2. The van der Waals surface area contributed by atoms with E-state index in [0.29, 0.717) is 11.4 Å². The predicted octanol–water partition coefficient (Wildman–Crippen LogP) is 3.94. The number of aromatic nitrogens is 2. The van der Waals surface area contributed by atoms with Crippen LogP contribution in [0, 0.1) is 17.2 Å². The molecule has 1 N–H and O–H groups in total. The van der Waals surface area contributed by atoms with E-state index in [-0.39, 0.29) is 11.8 Å². The van der Waals surface area contributed by atoms with Gasteiger partial charge in [-0.05, 0) is 49.2 Å². The SMILES string of the molecule is CN(C)c1cccc(NC(=O)C2CCN(c3ccnc(-c4cccc(C#N)c4)n3)CC2)c1. The van der Waals surface area contributed by atoms with Crippen LogP contribution in [0.5, 0.6) is 0 Å². The summed E-state index contributed by atoms with van der Waals surface area (Å²) >= 11 is 0. The minimum atomic E-state index is -0.0251. The summed E-state index contributed by atoms with van der Waals surface area (Å²) in [7, 11) is 3.96. The van der Waals surface area contributed by atoms with Gasteiger partial charge in [0.05, 0.1) is 11.6 Å². The number of anilines is 3. The highest BCUT2D eigenvalue weighted by Gasteiger charge is 2.26. The molecule has 32 heavy (non-hydrogen) atoms. The van der Waals surface area contributed by atoms with Crippen molar-refractivity contribution in [1.29, 1.82) is 5.26 Å². The van der Waals surface area contributed by atoms with Crippen LogP contribution in [0.15, 0.2) is 60.8 Å². The van der Waals surface area contributed by atoms with Crippen molar-refractivity contribution in [3.8, 4) is 17.5 Å². The first-order valence-electron chi connectivity index (χ1n) is 10.7. The molecule has 7 heteroatoms. The van der Waals surface area contributed by atoms with Crippen molar-refractivity contribution in [2.75, 3.05) is 42.3 Å². The van der Waals surface area contributed by atoms with E-state index in [1.54, 1.807) is 18.3 Å². The smallest absolute Gasteiger partial charge is 0.227 e. The van der Waals surface area contributed by atoms with Crippen molar-refractivity contribution in [3.63, 3.8) is 0 Å². The van der Waals surface area contributed by atoms with Gasteiger partial charge in [-0.25, -0.2) is 9.97 Å². The molecule has 2 heterocycles. The monoisotopic (exact) mass is 426 g/mol. The normalized spacial score (nSPS) is 14.0. The van der Waals surface area contributed by atoms with Gasteiger partial charge < -0.3 is 15.1 Å². The zero-order valence-electron chi connectivity index (χ0n) is 18.3. The van der Waals surface area contributed by atoms with Crippen LogP contribution in [-0.4, -0.2) is 43.1 Å². The summed E-state index contributed by atoms with van der Waals surface area (Å²) in [4.78, 5) is 26.1. The predicted molar refractivity (Wildman–Crippen MR) is 127 cm³/mol. The Morgan fingerprint density at radius 2 is 1.91 bits per heavy atom. The fraction of sp³-hybridized carbons (Fsp3) is 0.280. The van der Waals surface area contributed by atoms with Crippen LogP contribution in [0.4, 0.5) is 17.2 Å². The van der Waals surface area contributed by atoms with Crippen LogP contribution in [0.25, 0.3) is 11.4 Å². The summed E-state index contributed by atoms with van der Waals surface area (Å²) in [5, 5.41) is 12.2. The van der Waals surface area contributed by atoms with Crippen molar-refractivity contribution >= 4 is 23.1 Å². The molecule has 1 amide bonds. The summed E-state index contributed by atoms with van der Waals surface area (Å²) < 4.78 is 0. The molecule has 7 nitrogen and oxygen atoms in total. The number of nitrogens with zero attached hydrogens (tertiary/aromatic N) is 5. The van der Waals surface area contributed by atoms with Crippen LogP contribution in [0.1, 0.15) is 18.4 Å². The van der Waals surface area contributed by atoms with Gasteiger partial charge in [0.2, 0.25) is 5.91 Å². The number of piperidine rings is 1. The number of carbonyl (C=O) groups is 1. The summed E-state index contributed by atoms with van der Waals surface area (Å²) in [5.41, 5.74) is 3.28. The van der Waals surface area contributed by atoms with Crippen molar-refractivity contribution in [3.05, 3.63) is 66.4 Å². The second kappa shape index (κ2) is 9.48. The molecular weight excluding hydrogens is 400 g/mol. The van der Waals surface area contributed by atoms with Gasteiger partial charge in [0.1, 0.15) is 5.82 Å². The van der Waals surface area contributed by atoms with Crippen LogP contribution in [0.2, 0.25) is 0 Å². The second-order valence-electron chi connectivity index (χ2n) is 8.13. The summed E-state index contributed by atoms with van der Waals surface area (Å²) in [5.74, 6) is 1.48. The van der Waals surface area contributed by atoms with Gasteiger partial charge in [-0.1, -0.05) is 18.2 Å². The molecule has 162 valence electrons. The Bertz CT molecular complexity index is 1140. The Balaban J connectivity index is 1.39. The van der Waals surface area contributed by atoms with Crippen molar-refractivity contribution in [2.45, 2.75) is 12.8 Å². The molecule has 0 bridgehead atoms. The number of hydrogen-bond acceptors (Lipinski definition) is 6. The Kier molecular flexibility index (Phi) is 6.31. The highest BCUT2D eigenvalue weighted by atomic mass is 16.1. The first kappa shape index (κ1) is 21.3. The quantitative estimate of drug-likeness (QED) is 0.665. The number of nitriles is 1. The molecule has 0 unspecified atom stereocenters. The van der Waals surface area contributed by atoms with Crippen LogP contribution in [-0.2, 0) is 4.79 Å². The lowest BCUT2D eigenvalue weighted by Gasteiger charge is -2.32. The first-order valence-corrected chi connectivity index (χ1v) is 10.7. The fourth-order valence-electron chi connectivity index (χ4n) is 3.87. The molecule has 1 fully saturated rings. The molecule has 1 aliphatic rings. The average Bonchev–Trinajstić information content (AvgIpc) is 2.84. The molecule has 3 aromatic rings. The van der Waals surface area contributed by atoms with Crippen molar-refractivity contribution in [1.82, 2.24) is 9.97 Å². The van der Waals surface area contributed by atoms with Crippen molar-refractivity contribution < 1.29 is 4.79 Å². The fourth-order valence-corrected chi connectivity index (χ4v) is 3.87. The topological polar surface area (TPSA) is 85.2 Å². The van der Waals surface area contributed by atoms with Crippen LogP contribution >= 0.6 is 0 Å². The third kappa shape index (κ3) is 4.86. The van der Waals surface area contributed by atoms with E-state index in [1.807, 2.05) is 61.5 Å². The molecule has 2 aromatic carbocycles. The molecule has 0 saturated carbocycles. The molecule has 0 spiro atoms. The Labute approximate surface area is 188 Å². The second-order valence-corrected chi connectivity index (χ2v) is 8.13. The Hall–Kier alpha value is -3.92. The van der Waals surface area contributed by atoms with Gasteiger partial charge in [-0.3, -0.25) is 4.79 Å². The third-order valence-corrected chi connectivity index (χ3v) is 5.71. The molecule has 1 aliphatic heterocycles. The number of carbonyl (C=O) groups excluding carboxylic acids is 1. The van der Waals surface area contributed by atoms with E-state index in [9.17, 15) is 4.79 Å². The molecular formula is C25H26N6O. The van der Waals surface area contributed by atoms with Gasteiger partial charge >= 0.3 is 0 Å². The summed E-state index contributed by atoms with van der Waals surface area (Å²) in [6.07, 6.45) is 3.28. The maximum absolute atomic E-state index is 12.8. The van der Waals surface area contributed by atoms with E-state index < -0.39 is 0 Å². The van der Waals surface area contributed by atoms with Gasteiger partial charge in [0, 0.05) is 56.2 Å². The van der Waals surface area contributed by atoms with Gasteiger partial charge in [-0.15, -0.1) is 0 Å². The first-order chi connectivity index (χ1) is 15.5. The van der Waals surface area contributed by atoms with E-state index in [0.717, 1.165) is 48.7 Å². The maximum Gasteiger partial charge on any atom is 0.227 e. The molecule has 0 aliphatic carbocycles. The van der Waals surface area contributed by atoms with Crippen molar-refractivity contribution in [2.24, 2.45) is 5.92 Å². The number of rotatable bonds is 5. The number of nitrogens with one attached hydrogen (secondary N) is 1. The van der Waals surface area contributed by atoms with E-state index in [2.05, 4.69) is 21.3 Å².